The molecule has 0 unspecified atom stereocenters. The molecule has 2 aliphatic heterocycles. The fourth-order valence-corrected chi connectivity index (χ4v) is 13.2. The molecule has 11 nitrogen and oxygen atoms in total. The predicted molar refractivity (Wildman–Crippen MR) is 230 cm³/mol. The summed E-state index contributed by atoms with van der Waals surface area (Å²) in [5.74, 6) is 0.777. The lowest BCUT2D eigenvalue weighted by atomic mass is 9.82. The number of ether oxygens (including phenoxy) is 3. The van der Waals surface area contributed by atoms with Crippen LogP contribution in [0.1, 0.15) is 52.2 Å². The van der Waals surface area contributed by atoms with Gasteiger partial charge >= 0.3 is 0 Å². The number of aryl methyl sites for hydroxylation is 1. The van der Waals surface area contributed by atoms with E-state index in [1.165, 1.54) is 5.19 Å². The first-order chi connectivity index (χ1) is 28.5. The maximum atomic E-state index is 15.4. The van der Waals surface area contributed by atoms with E-state index < -0.39 is 19.8 Å². The van der Waals surface area contributed by atoms with Gasteiger partial charge in [0.15, 0.2) is 5.60 Å². The van der Waals surface area contributed by atoms with Crippen molar-refractivity contribution in [1.29, 1.82) is 0 Å². The van der Waals surface area contributed by atoms with Gasteiger partial charge in [-0.05, 0) is 77.7 Å². The van der Waals surface area contributed by atoms with Gasteiger partial charge in [-0.3, -0.25) is 14.3 Å². The minimum absolute atomic E-state index is 0.0279. The number of fused-ring (bicyclic) bond motifs is 2. The van der Waals surface area contributed by atoms with Crippen LogP contribution in [-0.4, -0.2) is 60.3 Å². The fourth-order valence-electron chi connectivity index (χ4n) is 9.14. The summed E-state index contributed by atoms with van der Waals surface area (Å²) in [6, 6.07) is 40.3. The van der Waals surface area contributed by atoms with Gasteiger partial charge in [0.25, 0.3) is 11.8 Å². The SMILES string of the molecule is COc1ccc(C(=O)Nc2ccc3c(c2)[C@@]2(O[C@H](CCn4cc([C@H](O)c5ccccc5)nn4)[C@@H]([Si](C)(C)c4ccc(OC)cc4)[C@@H]2C)C(=O)N3Cc2ccccc2)cc1. The minimum Gasteiger partial charge on any atom is -0.497 e. The van der Waals surface area contributed by atoms with Gasteiger partial charge in [0.1, 0.15) is 23.3 Å². The summed E-state index contributed by atoms with van der Waals surface area (Å²) in [5, 5.41) is 24.1. The molecule has 0 bridgehead atoms. The Morgan fingerprint density at radius 3 is 2.20 bits per heavy atom. The van der Waals surface area contributed by atoms with Gasteiger partial charge in [0.2, 0.25) is 0 Å². The van der Waals surface area contributed by atoms with Crippen LogP contribution >= 0.6 is 0 Å². The van der Waals surface area contributed by atoms with Gasteiger partial charge in [-0.15, -0.1) is 5.10 Å². The summed E-state index contributed by atoms with van der Waals surface area (Å²) < 4.78 is 20.0. The highest BCUT2D eigenvalue weighted by molar-refractivity contribution is 6.91. The van der Waals surface area contributed by atoms with Crippen molar-refractivity contribution in [2.45, 2.75) is 62.9 Å². The smallest absolute Gasteiger partial charge is 0.264 e. The molecule has 12 heteroatoms. The summed E-state index contributed by atoms with van der Waals surface area (Å²) >= 11 is 0. The second kappa shape index (κ2) is 16.3. The van der Waals surface area contributed by atoms with Crippen molar-refractivity contribution in [2.24, 2.45) is 5.92 Å². The minimum atomic E-state index is -2.45. The Hall–Kier alpha value is -6.08. The van der Waals surface area contributed by atoms with Crippen LogP contribution in [0.25, 0.3) is 0 Å². The Bertz CT molecular complexity index is 2430. The molecule has 0 saturated carbocycles. The lowest BCUT2D eigenvalue weighted by Crippen LogP contribution is -2.51. The van der Waals surface area contributed by atoms with Crippen LogP contribution in [0.2, 0.25) is 18.6 Å². The molecule has 6 aromatic rings. The van der Waals surface area contributed by atoms with E-state index in [0.717, 1.165) is 28.1 Å². The van der Waals surface area contributed by atoms with Crippen molar-refractivity contribution in [3.8, 4) is 11.5 Å². The lowest BCUT2D eigenvalue weighted by Gasteiger charge is -2.37. The van der Waals surface area contributed by atoms with Gasteiger partial charge in [-0.25, -0.2) is 0 Å². The van der Waals surface area contributed by atoms with Crippen LogP contribution in [0.15, 0.2) is 134 Å². The zero-order valence-corrected chi connectivity index (χ0v) is 34.9. The molecule has 0 radical (unpaired) electrons. The molecule has 1 spiro atoms. The molecule has 5 atom stereocenters. The highest BCUT2D eigenvalue weighted by Gasteiger charge is 2.66. The number of rotatable bonds is 13. The lowest BCUT2D eigenvalue weighted by molar-refractivity contribution is -0.146. The van der Waals surface area contributed by atoms with E-state index in [1.54, 1.807) is 49.4 Å². The summed E-state index contributed by atoms with van der Waals surface area (Å²) in [6.45, 7) is 7.68. The average molecular weight is 808 g/mol. The van der Waals surface area contributed by atoms with Crippen LogP contribution in [0.4, 0.5) is 11.4 Å². The number of aromatic nitrogens is 3. The van der Waals surface area contributed by atoms with E-state index in [1.807, 2.05) is 95.9 Å². The highest BCUT2D eigenvalue weighted by atomic mass is 28.3. The number of anilines is 2. The summed E-state index contributed by atoms with van der Waals surface area (Å²) in [7, 11) is 0.797. The van der Waals surface area contributed by atoms with Crippen LogP contribution in [0.5, 0.6) is 11.5 Å². The number of benzene rings is 5. The quantitative estimate of drug-likeness (QED) is 0.115. The molecule has 302 valence electrons. The molecular weight excluding hydrogens is 759 g/mol. The van der Waals surface area contributed by atoms with E-state index in [2.05, 4.69) is 47.8 Å². The van der Waals surface area contributed by atoms with E-state index in [4.69, 9.17) is 14.2 Å². The molecule has 2 amide bonds. The first-order valence-corrected chi connectivity index (χ1v) is 23.0. The first kappa shape index (κ1) is 39.7. The number of amides is 2. The zero-order chi connectivity index (χ0) is 41.3. The number of methoxy groups -OCH3 is 2. The number of nitrogens with one attached hydrogen (secondary N) is 1. The van der Waals surface area contributed by atoms with E-state index >= 15 is 4.79 Å². The number of carbonyl (C=O) groups is 2. The van der Waals surface area contributed by atoms with E-state index in [0.29, 0.717) is 42.2 Å². The van der Waals surface area contributed by atoms with Crippen molar-refractivity contribution in [3.05, 3.63) is 162 Å². The Balaban J connectivity index is 1.18. The predicted octanol–water partition coefficient (Wildman–Crippen LogP) is 7.48. The van der Waals surface area contributed by atoms with Gasteiger partial charge in [-0.1, -0.05) is 103 Å². The second-order valence-electron chi connectivity index (χ2n) is 16.0. The van der Waals surface area contributed by atoms with Gasteiger partial charge in [0.05, 0.1) is 46.8 Å². The molecule has 2 aliphatic rings. The largest absolute Gasteiger partial charge is 0.497 e. The molecule has 1 saturated heterocycles. The molecule has 1 fully saturated rings. The molecule has 0 aliphatic carbocycles. The van der Waals surface area contributed by atoms with Crippen molar-refractivity contribution in [3.63, 3.8) is 0 Å². The van der Waals surface area contributed by atoms with Crippen molar-refractivity contribution in [1.82, 2.24) is 15.0 Å². The number of hydrogen-bond acceptors (Lipinski definition) is 8. The Kier molecular flexibility index (Phi) is 11.0. The average Bonchev–Trinajstić information content (AvgIpc) is 3.93. The van der Waals surface area contributed by atoms with Crippen LogP contribution in [-0.2, 0) is 28.2 Å². The van der Waals surface area contributed by atoms with E-state index in [9.17, 15) is 9.90 Å². The highest BCUT2D eigenvalue weighted by Crippen LogP contribution is 2.60. The topological polar surface area (TPSA) is 128 Å². The first-order valence-electron chi connectivity index (χ1n) is 19.9. The number of aliphatic hydroxyl groups excluding tert-OH is 1. The third-order valence-electron chi connectivity index (χ3n) is 12.2. The number of carbonyl (C=O) groups excluding carboxylic acids is 2. The standard InChI is InChI=1S/C47H49N5O6Si/c1-31-44(59(4,5)38-23-21-37(57-3)22-24-38)42(26-27-51-30-40(49-50-51)43(53)33-14-10-7-11-15-33)58-47(31)39-28-35(48-45(54)34-16-19-36(56-2)20-17-34)18-25-41(39)52(46(47)55)29-32-12-8-6-9-13-32/h6-25,28,30-31,42-44,53H,26-27,29H2,1-5H3,(H,48,54)/t31-,42+,43+,44-,47+/m0/s1. The third kappa shape index (κ3) is 7.43. The maximum Gasteiger partial charge on any atom is 0.264 e. The van der Waals surface area contributed by atoms with Crippen molar-refractivity contribution in [2.75, 3.05) is 24.4 Å². The summed E-state index contributed by atoms with van der Waals surface area (Å²) in [6.07, 6.45) is 1.06. The molecule has 5 aromatic carbocycles. The summed E-state index contributed by atoms with van der Waals surface area (Å²) in [5.41, 5.74) is 3.35. The monoisotopic (exact) mass is 807 g/mol. The molecule has 8 rings (SSSR count). The fraction of sp³-hybridized carbons (Fsp3) is 0.277. The Morgan fingerprint density at radius 2 is 1.54 bits per heavy atom. The van der Waals surface area contributed by atoms with Crippen LogP contribution in [0.3, 0.4) is 0 Å². The molecule has 1 aromatic heterocycles. The number of nitrogens with zero attached hydrogens (tertiary/aromatic N) is 4. The molecule has 59 heavy (non-hydrogen) atoms. The van der Waals surface area contributed by atoms with Crippen molar-refractivity contribution >= 4 is 36.4 Å². The van der Waals surface area contributed by atoms with Crippen LogP contribution in [0, 0.1) is 5.92 Å². The molecular formula is C47H49N5O6Si. The van der Waals surface area contributed by atoms with Gasteiger partial charge in [0, 0.05) is 29.3 Å². The number of aliphatic hydroxyl groups is 1. The third-order valence-corrected chi connectivity index (χ3v) is 16.6. The molecule has 2 N–H and O–H groups in total. The number of hydrogen-bond donors (Lipinski definition) is 2. The molecule has 3 heterocycles. The van der Waals surface area contributed by atoms with Crippen LogP contribution < -0.4 is 24.9 Å². The zero-order valence-electron chi connectivity index (χ0n) is 33.9. The Labute approximate surface area is 345 Å². The van der Waals surface area contributed by atoms with Crippen molar-refractivity contribution < 1.29 is 28.9 Å². The Morgan fingerprint density at radius 1 is 0.898 bits per heavy atom. The van der Waals surface area contributed by atoms with E-state index in [-0.39, 0.29) is 29.4 Å². The van der Waals surface area contributed by atoms with Gasteiger partial charge < -0.3 is 29.5 Å². The maximum absolute atomic E-state index is 15.4. The summed E-state index contributed by atoms with van der Waals surface area (Å²) in [4.78, 5) is 30.8. The van der Waals surface area contributed by atoms with Gasteiger partial charge in [-0.2, -0.15) is 0 Å². The normalized spacial score (nSPS) is 20.4. The second-order valence-corrected chi connectivity index (χ2v) is 20.6.